The van der Waals surface area contributed by atoms with Crippen LogP contribution in [0.3, 0.4) is 0 Å². The number of aryl methyl sites for hydroxylation is 1. The molecule has 1 saturated carbocycles. The number of rotatable bonds is 16. The van der Waals surface area contributed by atoms with Crippen molar-refractivity contribution in [1.82, 2.24) is 14.4 Å². The Hall–Kier alpha value is -3.34. The molecule has 5 heteroatoms. The van der Waals surface area contributed by atoms with Gasteiger partial charge in [0.25, 0.3) is 5.91 Å². The Balaban J connectivity index is 1.48. The minimum absolute atomic E-state index is 0.0367. The van der Waals surface area contributed by atoms with Crippen LogP contribution in [-0.2, 0) is 24.3 Å². The average molecular weight is 570 g/mol. The summed E-state index contributed by atoms with van der Waals surface area (Å²) in [4.78, 5) is 31.7. The minimum Gasteiger partial charge on any atom is -0.345 e. The monoisotopic (exact) mass is 569 g/mol. The number of hydrogen-bond acceptors (Lipinski definition) is 2. The second-order valence-corrected chi connectivity index (χ2v) is 12.0. The van der Waals surface area contributed by atoms with E-state index in [4.69, 9.17) is 0 Å². The van der Waals surface area contributed by atoms with Crippen molar-refractivity contribution >= 4 is 11.8 Å². The van der Waals surface area contributed by atoms with Gasteiger partial charge in [-0.3, -0.25) is 9.59 Å². The molecule has 0 N–H and O–H groups in total. The maximum atomic E-state index is 14.1. The Morgan fingerprint density at radius 3 is 2.24 bits per heavy atom. The van der Waals surface area contributed by atoms with Crippen LogP contribution in [0.15, 0.2) is 72.9 Å². The van der Waals surface area contributed by atoms with Gasteiger partial charge in [-0.15, -0.1) is 0 Å². The molecule has 42 heavy (non-hydrogen) atoms. The van der Waals surface area contributed by atoms with Crippen molar-refractivity contribution in [2.45, 2.75) is 110 Å². The van der Waals surface area contributed by atoms with E-state index in [0.717, 1.165) is 57.2 Å². The van der Waals surface area contributed by atoms with Gasteiger partial charge < -0.3 is 14.4 Å². The van der Waals surface area contributed by atoms with Crippen molar-refractivity contribution in [3.63, 3.8) is 0 Å². The molecule has 0 unspecified atom stereocenters. The highest BCUT2D eigenvalue weighted by Crippen LogP contribution is 2.25. The molecule has 0 atom stereocenters. The molecule has 0 bridgehead atoms. The number of unbranched alkanes of at least 4 members (excludes halogenated alkanes) is 4. The van der Waals surface area contributed by atoms with Gasteiger partial charge in [0, 0.05) is 36.6 Å². The van der Waals surface area contributed by atoms with Crippen molar-refractivity contribution in [2.75, 3.05) is 13.1 Å². The average Bonchev–Trinajstić information content (AvgIpc) is 3.47. The summed E-state index contributed by atoms with van der Waals surface area (Å²) in [6.45, 7) is 6.45. The Labute approximate surface area is 253 Å². The topological polar surface area (TPSA) is 45.6 Å². The first-order chi connectivity index (χ1) is 20.6. The third-order valence-electron chi connectivity index (χ3n) is 8.70. The second-order valence-electron chi connectivity index (χ2n) is 12.0. The third-order valence-corrected chi connectivity index (χ3v) is 8.70. The zero-order valence-electron chi connectivity index (χ0n) is 26.0. The Kier molecular flexibility index (Phi) is 12.7. The zero-order valence-corrected chi connectivity index (χ0v) is 26.0. The number of amides is 2. The highest BCUT2D eigenvalue weighted by molar-refractivity contribution is 5.96. The van der Waals surface area contributed by atoms with Crippen LogP contribution in [0.4, 0.5) is 0 Å². The molecule has 1 heterocycles. The maximum absolute atomic E-state index is 14.1. The van der Waals surface area contributed by atoms with E-state index in [1.165, 1.54) is 43.2 Å². The molecular weight excluding hydrogens is 518 g/mol. The molecule has 2 aromatic carbocycles. The van der Waals surface area contributed by atoms with E-state index in [1.807, 2.05) is 18.2 Å². The lowest BCUT2D eigenvalue weighted by Gasteiger charge is -2.36. The summed E-state index contributed by atoms with van der Waals surface area (Å²) < 4.78 is 2.25. The first-order valence-electron chi connectivity index (χ1n) is 16.4. The van der Waals surface area contributed by atoms with Crippen molar-refractivity contribution in [3.8, 4) is 0 Å². The SMILES string of the molecule is CCCCCCc1ccc(C(=O)N(CCCC)CC(=O)N(Cc2cccn2Cc2ccccc2)C2CCCCC2)cc1. The molecule has 0 spiro atoms. The van der Waals surface area contributed by atoms with Crippen LogP contribution in [0.2, 0.25) is 0 Å². The van der Waals surface area contributed by atoms with Crippen LogP contribution >= 0.6 is 0 Å². The van der Waals surface area contributed by atoms with Crippen LogP contribution in [0.5, 0.6) is 0 Å². The molecule has 0 aliphatic heterocycles. The molecule has 1 aromatic heterocycles. The molecule has 5 nitrogen and oxygen atoms in total. The predicted octanol–water partition coefficient (Wildman–Crippen LogP) is 8.26. The summed E-state index contributed by atoms with van der Waals surface area (Å²) in [6, 6.07) is 23.0. The van der Waals surface area contributed by atoms with Crippen LogP contribution in [0.1, 0.15) is 112 Å². The van der Waals surface area contributed by atoms with E-state index < -0.39 is 0 Å². The number of carbonyl (C=O) groups is 2. The van der Waals surface area contributed by atoms with E-state index in [-0.39, 0.29) is 24.4 Å². The van der Waals surface area contributed by atoms with Gasteiger partial charge in [0.15, 0.2) is 0 Å². The lowest BCUT2D eigenvalue weighted by Crippen LogP contribution is -2.47. The number of aromatic nitrogens is 1. The normalized spacial score (nSPS) is 13.7. The van der Waals surface area contributed by atoms with Gasteiger partial charge in [-0.2, -0.15) is 0 Å². The van der Waals surface area contributed by atoms with E-state index in [9.17, 15) is 9.59 Å². The fourth-order valence-electron chi connectivity index (χ4n) is 6.12. The van der Waals surface area contributed by atoms with Gasteiger partial charge >= 0.3 is 0 Å². The number of benzene rings is 2. The number of hydrogen-bond donors (Lipinski definition) is 0. The van der Waals surface area contributed by atoms with Crippen molar-refractivity contribution in [2.24, 2.45) is 0 Å². The lowest BCUT2D eigenvalue weighted by atomic mass is 9.94. The molecule has 1 aliphatic rings. The minimum atomic E-state index is -0.0367. The fraction of sp³-hybridized carbons (Fsp3) is 0.514. The highest BCUT2D eigenvalue weighted by atomic mass is 16.2. The van der Waals surface area contributed by atoms with E-state index in [1.54, 1.807) is 4.90 Å². The quantitative estimate of drug-likeness (QED) is 0.163. The van der Waals surface area contributed by atoms with Gasteiger partial charge in [0.2, 0.25) is 5.91 Å². The molecular formula is C37H51N3O2. The Morgan fingerprint density at radius 1 is 0.786 bits per heavy atom. The first-order valence-corrected chi connectivity index (χ1v) is 16.4. The third kappa shape index (κ3) is 9.34. The number of carbonyl (C=O) groups excluding carboxylic acids is 2. The van der Waals surface area contributed by atoms with Crippen LogP contribution < -0.4 is 0 Å². The molecule has 4 rings (SSSR count). The molecule has 1 fully saturated rings. The summed E-state index contributed by atoms with van der Waals surface area (Å²) in [5.41, 5.74) is 4.34. The summed E-state index contributed by atoms with van der Waals surface area (Å²) >= 11 is 0. The predicted molar refractivity (Wildman–Crippen MR) is 172 cm³/mol. The molecule has 226 valence electrons. The van der Waals surface area contributed by atoms with Crippen LogP contribution in [0.25, 0.3) is 0 Å². The summed E-state index contributed by atoms with van der Waals surface area (Å²) in [7, 11) is 0. The fourth-order valence-corrected chi connectivity index (χ4v) is 6.12. The molecule has 1 aliphatic carbocycles. The zero-order chi connectivity index (χ0) is 29.6. The van der Waals surface area contributed by atoms with Crippen LogP contribution in [-0.4, -0.2) is 45.3 Å². The standard InChI is InChI=1S/C37H51N3O2/c1-3-5-7-10-16-31-22-24-33(25-23-31)37(42)39(26-6-4-2)30-36(41)40(34-19-13-9-14-20-34)29-35-21-15-27-38(35)28-32-17-11-8-12-18-32/h8,11-12,15,17-18,21-25,27,34H,3-7,9-10,13-14,16,19-20,26,28-30H2,1-2H3. The van der Waals surface area contributed by atoms with E-state index in [2.05, 4.69) is 78.0 Å². The van der Waals surface area contributed by atoms with Gasteiger partial charge in [0.1, 0.15) is 6.54 Å². The Morgan fingerprint density at radius 2 is 1.52 bits per heavy atom. The highest BCUT2D eigenvalue weighted by Gasteiger charge is 2.29. The largest absolute Gasteiger partial charge is 0.345 e. The summed E-state index contributed by atoms with van der Waals surface area (Å²) in [6.07, 6.45) is 15.6. The second kappa shape index (κ2) is 16.9. The van der Waals surface area contributed by atoms with Gasteiger partial charge in [-0.05, 0) is 67.5 Å². The Bertz CT molecular complexity index is 1210. The molecule has 3 aromatic rings. The lowest BCUT2D eigenvalue weighted by molar-refractivity contribution is -0.135. The maximum Gasteiger partial charge on any atom is 0.254 e. The van der Waals surface area contributed by atoms with E-state index in [0.29, 0.717) is 18.7 Å². The number of nitrogens with zero attached hydrogens (tertiary/aromatic N) is 3. The summed E-state index contributed by atoms with van der Waals surface area (Å²) in [5, 5.41) is 0. The van der Waals surface area contributed by atoms with Crippen LogP contribution in [0, 0.1) is 0 Å². The van der Waals surface area contributed by atoms with Crippen molar-refractivity contribution in [3.05, 3.63) is 95.3 Å². The van der Waals surface area contributed by atoms with Crippen molar-refractivity contribution in [1.29, 1.82) is 0 Å². The molecule has 0 saturated heterocycles. The van der Waals surface area contributed by atoms with Gasteiger partial charge in [-0.1, -0.05) is 101 Å². The van der Waals surface area contributed by atoms with Gasteiger partial charge in [-0.25, -0.2) is 0 Å². The smallest absolute Gasteiger partial charge is 0.254 e. The first kappa shape index (κ1) is 31.6. The molecule has 0 radical (unpaired) electrons. The van der Waals surface area contributed by atoms with Crippen molar-refractivity contribution < 1.29 is 9.59 Å². The molecule has 2 amide bonds. The van der Waals surface area contributed by atoms with Gasteiger partial charge in [0.05, 0.1) is 6.54 Å². The van der Waals surface area contributed by atoms with E-state index >= 15 is 0 Å². The summed E-state index contributed by atoms with van der Waals surface area (Å²) in [5.74, 6) is 0.0248.